The van der Waals surface area contributed by atoms with Crippen LogP contribution in [0.1, 0.15) is 6.92 Å². The zero-order valence-electron chi connectivity index (χ0n) is 11.4. The molecule has 3 aromatic rings. The first kappa shape index (κ1) is 15.1. The topological polar surface area (TPSA) is 81.9 Å². The van der Waals surface area contributed by atoms with Gasteiger partial charge in [-0.2, -0.15) is 0 Å². The molecule has 0 fully saturated rings. The fourth-order valence-corrected chi connectivity index (χ4v) is 4.23. The van der Waals surface area contributed by atoms with Crippen molar-refractivity contribution in [2.75, 3.05) is 5.75 Å². The molecule has 0 atom stereocenters. The molecule has 0 aliphatic carbocycles. The van der Waals surface area contributed by atoms with Crippen molar-refractivity contribution in [2.24, 2.45) is 0 Å². The predicted molar refractivity (Wildman–Crippen MR) is 85.7 cm³/mol. The molecule has 0 unspecified atom stereocenters. The van der Waals surface area contributed by atoms with Crippen LogP contribution in [0.4, 0.5) is 0 Å². The van der Waals surface area contributed by atoms with Gasteiger partial charge in [-0.15, -0.1) is 0 Å². The van der Waals surface area contributed by atoms with Crippen LogP contribution >= 0.6 is 22.9 Å². The van der Waals surface area contributed by atoms with Crippen LogP contribution in [0.3, 0.4) is 0 Å². The van der Waals surface area contributed by atoms with Crippen molar-refractivity contribution in [3.05, 3.63) is 46.0 Å². The third-order valence-electron chi connectivity index (χ3n) is 3.05. The maximum absolute atomic E-state index is 12.5. The minimum absolute atomic E-state index is 0.0712. The number of fused-ring (bicyclic) bond motifs is 1. The van der Waals surface area contributed by atoms with Gasteiger partial charge in [0.1, 0.15) is 11.0 Å². The second-order valence-corrected chi connectivity index (χ2v) is 8.32. The Hall–Kier alpha value is -1.77. The van der Waals surface area contributed by atoms with Crippen LogP contribution in [0.5, 0.6) is 0 Å². The van der Waals surface area contributed by atoms with Crippen LogP contribution < -0.4 is 5.56 Å². The highest BCUT2D eigenvalue weighted by atomic mass is 35.5. The summed E-state index contributed by atoms with van der Waals surface area (Å²) < 4.78 is 25.2. The number of benzene rings is 1. The monoisotopic (exact) mass is 355 g/mol. The van der Waals surface area contributed by atoms with E-state index in [1.54, 1.807) is 24.3 Å². The third-order valence-corrected chi connectivity index (χ3v) is 6.52. The van der Waals surface area contributed by atoms with Crippen molar-refractivity contribution in [2.45, 2.75) is 11.3 Å². The van der Waals surface area contributed by atoms with Crippen molar-refractivity contribution in [3.8, 4) is 5.69 Å². The van der Waals surface area contributed by atoms with Gasteiger partial charge in [0.25, 0.3) is 5.56 Å². The Bertz CT molecular complexity index is 1010. The number of thiazole rings is 1. The Kier molecular flexibility index (Phi) is 3.75. The van der Waals surface area contributed by atoms with E-state index in [1.165, 1.54) is 17.8 Å². The molecule has 0 amide bonds. The van der Waals surface area contributed by atoms with E-state index in [2.05, 4.69) is 9.97 Å². The molecule has 3 rings (SSSR count). The summed E-state index contributed by atoms with van der Waals surface area (Å²) in [5.41, 5.74) is 0.381. The molecule has 0 radical (unpaired) electrons. The lowest BCUT2D eigenvalue weighted by atomic mass is 10.3. The number of hydrogen-bond acceptors (Lipinski definition) is 6. The predicted octanol–water partition coefficient (Wildman–Crippen LogP) is 2.29. The Labute approximate surface area is 134 Å². The summed E-state index contributed by atoms with van der Waals surface area (Å²) in [5.74, 6) is -0.0712. The molecule has 0 N–H and O–H groups in total. The lowest BCUT2D eigenvalue weighted by Crippen LogP contribution is -2.17. The number of hydrogen-bond donors (Lipinski definition) is 0. The Morgan fingerprint density at radius 1 is 1.27 bits per heavy atom. The first-order chi connectivity index (χ1) is 10.4. The summed E-state index contributed by atoms with van der Waals surface area (Å²) in [5, 5.41) is 0.556. The quantitative estimate of drug-likeness (QED) is 0.720. The van der Waals surface area contributed by atoms with Crippen molar-refractivity contribution in [1.82, 2.24) is 14.5 Å². The summed E-state index contributed by atoms with van der Waals surface area (Å²) in [6, 6.07) is 6.68. The molecule has 6 nitrogen and oxygen atoms in total. The molecule has 0 aliphatic heterocycles. The van der Waals surface area contributed by atoms with Crippen LogP contribution in [0.15, 0.2) is 39.7 Å². The molecule has 1 aromatic carbocycles. The summed E-state index contributed by atoms with van der Waals surface area (Å²) in [4.78, 5) is 20.5. The molecular weight excluding hydrogens is 346 g/mol. The zero-order valence-corrected chi connectivity index (χ0v) is 13.7. The lowest BCUT2D eigenvalue weighted by Gasteiger charge is -2.04. The Morgan fingerprint density at radius 3 is 2.59 bits per heavy atom. The second kappa shape index (κ2) is 5.45. The van der Waals surface area contributed by atoms with Gasteiger partial charge in [0.2, 0.25) is 14.2 Å². The zero-order chi connectivity index (χ0) is 15.9. The van der Waals surface area contributed by atoms with Gasteiger partial charge in [0.05, 0.1) is 11.4 Å². The van der Waals surface area contributed by atoms with Gasteiger partial charge in [0.15, 0.2) is 5.65 Å². The Balaban J connectivity index is 2.22. The molecule has 0 saturated carbocycles. The number of halogens is 1. The molecule has 0 spiro atoms. The SMILES string of the molecule is CCS(=O)(=O)c1nc2ncn(-c3ccc(Cl)cc3)c(=O)c2s1. The van der Waals surface area contributed by atoms with Crippen molar-refractivity contribution in [3.63, 3.8) is 0 Å². The molecule has 0 bridgehead atoms. The molecule has 2 heterocycles. The first-order valence-corrected chi connectivity index (χ1v) is 9.14. The normalized spacial score (nSPS) is 11.9. The molecule has 0 aliphatic rings. The summed E-state index contributed by atoms with van der Waals surface area (Å²) in [6.45, 7) is 1.53. The third kappa shape index (κ3) is 2.53. The smallest absolute Gasteiger partial charge is 0.267 e. The molecule has 9 heteroatoms. The van der Waals surface area contributed by atoms with Crippen molar-refractivity contribution >= 4 is 43.1 Å². The first-order valence-electron chi connectivity index (χ1n) is 6.29. The van der Waals surface area contributed by atoms with E-state index >= 15 is 0 Å². The molecule has 114 valence electrons. The fourth-order valence-electron chi connectivity index (χ4n) is 1.84. The van der Waals surface area contributed by atoms with Gasteiger partial charge in [-0.25, -0.2) is 18.4 Å². The van der Waals surface area contributed by atoms with E-state index in [-0.39, 0.29) is 26.0 Å². The molecular formula is C13H10ClN3O3S2. The van der Waals surface area contributed by atoms with Crippen molar-refractivity contribution < 1.29 is 8.42 Å². The number of nitrogens with zero attached hydrogens (tertiary/aromatic N) is 3. The van der Waals surface area contributed by atoms with E-state index < -0.39 is 9.84 Å². The highest BCUT2D eigenvalue weighted by molar-refractivity contribution is 7.93. The van der Waals surface area contributed by atoms with Gasteiger partial charge in [-0.05, 0) is 24.3 Å². The number of sulfone groups is 1. The summed E-state index contributed by atoms with van der Waals surface area (Å²) >= 11 is 6.67. The standard InChI is InChI=1S/C13H10ClN3O3S2/c1-2-22(19,20)13-16-11-10(21-13)12(18)17(7-15-11)9-5-3-8(14)4-6-9/h3-7H,2H2,1H3. The Morgan fingerprint density at radius 2 is 1.95 bits per heavy atom. The van der Waals surface area contributed by atoms with Gasteiger partial charge >= 0.3 is 0 Å². The van der Waals surface area contributed by atoms with Gasteiger partial charge in [0, 0.05) is 5.02 Å². The second-order valence-electron chi connectivity index (χ2n) is 4.43. The van der Waals surface area contributed by atoms with E-state index in [4.69, 9.17) is 11.6 Å². The maximum atomic E-state index is 12.5. The van der Waals surface area contributed by atoms with Crippen LogP contribution in [0.2, 0.25) is 5.02 Å². The van der Waals surface area contributed by atoms with Crippen LogP contribution in [-0.2, 0) is 9.84 Å². The highest BCUT2D eigenvalue weighted by Crippen LogP contribution is 2.22. The molecule has 0 saturated heterocycles. The summed E-state index contributed by atoms with van der Waals surface area (Å²) in [6.07, 6.45) is 1.33. The van der Waals surface area contributed by atoms with E-state index in [0.717, 1.165) is 11.3 Å². The maximum Gasteiger partial charge on any atom is 0.277 e. The number of aromatic nitrogens is 3. The fraction of sp³-hybridized carbons (Fsp3) is 0.154. The van der Waals surface area contributed by atoms with E-state index in [1.807, 2.05) is 0 Å². The minimum Gasteiger partial charge on any atom is -0.267 e. The minimum atomic E-state index is -3.46. The average Bonchev–Trinajstić information content (AvgIpc) is 2.95. The van der Waals surface area contributed by atoms with Gasteiger partial charge < -0.3 is 0 Å². The van der Waals surface area contributed by atoms with Gasteiger partial charge in [-0.3, -0.25) is 9.36 Å². The lowest BCUT2D eigenvalue weighted by molar-refractivity contribution is 0.596. The van der Waals surface area contributed by atoms with E-state index in [0.29, 0.717) is 10.7 Å². The molecule has 22 heavy (non-hydrogen) atoms. The number of rotatable bonds is 3. The van der Waals surface area contributed by atoms with Crippen LogP contribution in [0.25, 0.3) is 16.0 Å². The van der Waals surface area contributed by atoms with Crippen molar-refractivity contribution in [1.29, 1.82) is 0 Å². The largest absolute Gasteiger partial charge is 0.277 e. The highest BCUT2D eigenvalue weighted by Gasteiger charge is 2.20. The van der Waals surface area contributed by atoms with Crippen LogP contribution in [0, 0.1) is 0 Å². The van der Waals surface area contributed by atoms with E-state index in [9.17, 15) is 13.2 Å². The molecule has 2 aromatic heterocycles. The average molecular weight is 356 g/mol. The van der Waals surface area contributed by atoms with Crippen LogP contribution in [-0.4, -0.2) is 28.7 Å². The van der Waals surface area contributed by atoms with Gasteiger partial charge in [-0.1, -0.05) is 29.9 Å². The summed E-state index contributed by atoms with van der Waals surface area (Å²) in [7, 11) is -3.46.